The van der Waals surface area contributed by atoms with E-state index in [9.17, 15) is 13.2 Å². The maximum Gasteiger partial charge on any atom is 0.251 e. The number of hydrogen-bond acceptors (Lipinski definition) is 0. The molecule has 2 unspecified atom stereocenters. The Balaban J connectivity index is 1.57. The molecule has 0 nitrogen and oxygen atoms in total. The second-order valence-corrected chi connectivity index (χ2v) is 7.97. The molecule has 1 aromatic rings. The number of hydrogen-bond donors (Lipinski definition) is 0. The van der Waals surface area contributed by atoms with Crippen LogP contribution in [0.15, 0.2) is 24.3 Å². The number of benzene rings is 1. The lowest BCUT2D eigenvalue weighted by Gasteiger charge is -2.42. The molecule has 2 aliphatic rings. The van der Waals surface area contributed by atoms with E-state index in [-0.39, 0.29) is 24.1 Å². The summed E-state index contributed by atoms with van der Waals surface area (Å²) >= 11 is 0. The normalized spacial score (nSPS) is 33.3. The molecule has 0 amide bonds. The van der Waals surface area contributed by atoms with Gasteiger partial charge in [0.25, 0.3) is 5.92 Å². The van der Waals surface area contributed by atoms with Gasteiger partial charge in [-0.1, -0.05) is 31.9 Å². The van der Waals surface area contributed by atoms with Gasteiger partial charge in [0.15, 0.2) is 0 Å². The third kappa shape index (κ3) is 3.97. The predicted molar refractivity (Wildman–Crippen MR) is 91.8 cm³/mol. The summed E-state index contributed by atoms with van der Waals surface area (Å²) in [6.45, 7) is 2.08. The van der Waals surface area contributed by atoms with E-state index in [1.807, 2.05) is 12.1 Å². The van der Waals surface area contributed by atoms with Crippen LogP contribution in [0.25, 0.3) is 0 Å². The minimum absolute atomic E-state index is 0.101. The molecule has 1 aromatic carbocycles. The molecule has 0 radical (unpaired) electrons. The Morgan fingerprint density at radius 1 is 0.958 bits per heavy atom. The largest absolute Gasteiger partial charge is 0.251 e. The Bertz CT molecular complexity index is 514. The molecule has 0 heterocycles. The van der Waals surface area contributed by atoms with Crippen molar-refractivity contribution < 1.29 is 13.2 Å². The van der Waals surface area contributed by atoms with Crippen molar-refractivity contribution in [3.05, 3.63) is 35.6 Å². The zero-order valence-corrected chi connectivity index (χ0v) is 14.6. The van der Waals surface area contributed by atoms with E-state index in [2.05, 4.69) is 6.92 Å². The molecule has 2 aliphatic carbocycles. The first kappa shape index (κ1) is 17.8. The minimum atomic E-state index is -2.48. The minimum Gasteiger partial charge on any atom is -0.207 e. The fourth-order valence-corrected chi connectivity index (χ4v) is 5.09. The summed E-state index contributed by atoms with van der Waals surface area (Å²) < 4.78 is 42.3. The molecule has 2 saturated carbocycles. The molecule has 3 rings (SSSR count). The maximum absolute atomic E-state index is 14.6. The van der Waals surface area contributed by atoms with Crippen molar-refractivity contribution >= 4 is 0 Å². The highest BCUT2D eigenvalue weighted by atomic mass is 19.3. The average Bonchev–Trinajstić information content (AvgIpc) is 2.55. The van der Waals surface area contributed by atoms with Gasteiger partial charge in [0.1, 0.15) is 5.82 Å². The topological polar surface area (TPSA) is 0 Å². The first-order valence-electron chi connectivity index (χ1n) is 9.63. The Hall–Kier alpha value is -0.990. The van der Waals surface area contributed by atoms with Crippen LogP contribution < -0.4 is 0 Å². The van der Waals surface area contributed by atoms with E-state index in [0.717, 1.165) is 50.5 Å². The summed E-state index contributed by atoms with van der Waals surface area (Å²) in [6.07, 6.45) is 7.43. The van der Waals surface area contributed by atoms with Gasteiger partial charge in [0.05, 0.1) is 0 Å². The highest BCUT2D eigenvalue weighted by Gasteiger charge is 2.48. The average molecular weight is 338 g/mol. The van der Waals surface area contributed by atoms with E-state index in [1.165, 1.54) is 12.1 Å². The van der Waals surface area contributed by atoms with Crippen molar-refractivity contribution in [2.45, 2.75) is 76.6 Å². The molecule has 2 fully saturated rings. The summed E-state index contributed by atoms with van der Waals surface area (Å²) in [7, 11) is 0. The lowest BCUT2D eigenvalue weighted by Crippen LogP contribution is -2.41. The molecule has 3 heteroatoms. The molecule has 0 aliphatic heterocycles. The Kier molecular flexibility index (Phi) is 5.56. The second-order valence-electron chi connectivity index (χ2n) is 7.97. The zero-order chi connectivity index (χ0) is 17.2. The van der Waals surface area contributed by atoms with Gasteiger partial charge in [-0.3, -0.25) is 0 Å². The van der Waals surface area contributed by atoms with Gasteiger partial charge in [-0.2, -0.15) is 0 Å². The third-order valence-electron chi connectivity index (χ3n) is 6.37. The summed E-state index contributed by atoms with van der Waals surface area (Å²) in [5.41, 5.74) is 1.16. The molecular formula is C21H29F3. The van der Waals surface area contributed by atoms with Crippen LogP contribution in [0.3, 0.4) is 0 Å². The van der Waals surface area contributed by atoms with Gasteiger partial charge in [-0.05, 0) is 74.0 Å². The standard InChI is InChI=1S/C21H29F3/c1-2-3-15-4-13-20(21(23,24)14-15)18-7-5-16(6-8-18)17-9-11-19(22)12-10-17/h9-12,15-16,18,20H,2-8,13-14H2,1H3. The summed E-state index contributed by atoms with van der Waals surface area (Å²) in [4.78, 5) is 0. The smallest absolute Gasteiger partial charge is 0.207 e. The molecule has 0 N–H and O–H groups in total. The van der Waals surface area contributed by atoms with Crippen LogP contribution in [-0.2, 0) is 0 Å². The lowest BCUT2D eigenvalue weighted by molar-refractivity contribution is -0.127. The van der Waals surface area contributed by atoms with Crippen molar-refractivity contribution in [2.24, 2.45) is 17.8 Å². The highest BCUT2D eigenvalue weighted by molar-refractivity contribution is 5.21. The quantitative estimate of drug-likeness (QED) is 0.557. The van der Waals surface area contributed by atoms with Crippen LogP contribution in [-0.4, -0.2) is 5.92 Å². The number of alkyl halides is 2. The molecule has 0 aromatic heterocycles. The molecule has 24 heavy (non-hydrogen) atoms. The summed E-state index contributed by atoms with van der Waals surface area (Å²) in [5, 5.41) is 0. The number of halogens is 3. The SMILES string of the molecule is CCCC1CCC(C2CCC(c3ccc(F)cc3)CC2)C(F)(F)C1. The van der Waals surface area contributed by atoms with Gasteiger partial charge in [-0.25, -0.2) is 13.2 Å². The predicted octanol–water partition coefficient (Wildman–Crippen LogP) is 6.95. The van der Waals surface area contributed by atoms with Gasteiger partial charge in [-0.15, -0.1) is 0 Å². The Morgan fingerprint density at radius 3 is 2.21 bits per heavy atom. The van der Waals surface area contributed by atoms with Gasteiger partial charge >= 0.3 is 0 Å². The lowest BCUT2D eigenvalue weighted by atomic mass is 9.66. The van der Waals surface area contributed by atoms with Gasteiger partial charge in [0.2, 0.25) is 0 Å². The molecule has 2 atom stereocenters. The van der Waals surface area contributed by atoms with Crippen molar-refractivity contribution in [2.75, 3.05) is 0 Å². The van der Waals surface area contributed by atoms with E-state index in [4.69, 9.17) is 0 Å². The third-order valence-corrected chi connectivity index (χ3v) is 6.37. The second kappa shape index (κ2) is 7.49. The van der Waals surface area contributed by atoms with Crippen LogP contribution in [0.5, 0.6) is 0 Å². The molecule has 134 valence electrons. The van der Waals surface area contributed by atoms with E-state index >= 15 is 0 Å². The van der Waals surface area contributed by atoms with Gasteiger partial charge in [0, 0.05) is 12.3 Å². The summed E-state index contributed by atoms with van der Waals surface area (Å²) in [6, 6.07) is 6.71. The van der Waals surface area contributed by atoms with Crippen LogP contribution in [0.4, 0.5) is 13.2 Å². The molecule has 0 spiro atoms. The van der Waals surface area contributed by atoms with E-state index in [1.54, 1.807) is 0 Å². The molecular weight excluding hydrogens is 309 g/mol. The zero-order valence-electron chi connectivity index (χ0n) is 14.6. The molecule has 0 saturated heterocycles. The Morgan fingerprint density at radius 2 is 1.62 bits per heavy atom. The van der Waals surface area contributed by atoms with Crippen LogP contribution in [0, 0.1) is 23.6 Å². The first-order valence-corrected chi connectivity index (χ1v) is 9.63. The van der Waals surface area contributed by atoms with Crippen molar-refractivity contribution in [3.8, 4) is 0 Å². The van der Waals surface area contributed by atoms with Crippen LogP contribution >= 0.6 is 0 Å². The first-order chi connectivity index (χ1) is 11.5. The number of rotatable bonds is 4. The van der Waals surface area contributed by atoms with Crippen molar-refractivity contribution in [3.63, 3.8) is 0 Å². The molecule has 0 bridgehead atoms. The maximum atomic E-state index is 14.6. The summed E-state index contributed by atoms with van der Waals surface area (Å²) in [5.74, 6) is -2.32. The monoisotopic (exact) mass is 338 g/mol. The highest BCUT2D eigenvalue weighted by Crippen LogP contribution is 2.50. The van der Waals surface area contributed by atoms with Crippen molar-refractivity contribution in [1.82, 2.24) is 0 Å². The fourth-order valence-electron chi connectivity index (χ4n) is 5.09. The van der Waals surface area contributed by atoms with Gasteiger partial charge < -0.3 is 0 Å². The van der Waals surface area contributed by atoms with Crippen molar-refractivity contribution in [1.29, 1.82) is 0 Å². The van der Waals surface area contributed by atoms with Crippen LogP contribution in [0.1, 0.15) is 76.2 Å². The van der Waals surface area contributed by atoms with Crippen LogP contribution in [0.2, 0.25) is 0 Å². The van der Waals surface area contributed by atoms with E-state index < -0.39 is 11.8 Å². The fraction of sp³-hybridized carbons (Fsp3) is 0.714. The Labute approximate surface area is 143 Å². The van der Waals surface area contributed by atoms with E-state index in [0.29, 0.717) is 12.3 Å².